The van der Waals surface area contributed by atoms with E-state index >= 15 is 0 Å². The third-order valence-electron chi connectivity index (χ3n) is 3.67. The number of rotatable bonds is 6. The van der Waals surface area contributed by atoms with Gasteiger partial charge in [0, 0.05) is 17.8 Å². The van der Waals surface area contributed by atoms with Crippen LogP contribution < -0.4 is 5.32 Å². The van der Waals surface area contributed by atoms with Crippen molar-refractivity contribution in [3.05, 3.63) is 57.6 Å². The Morgan fingerprint density at radius 1 is 1.39 bits per heavy atom. The largest absolute Gasteiger partial charge is 0.351 e. The van der Waals surface area contributed by atoms with Crippen molar-refractivity contribution in [3.63, 3.8) is 0 Å². The molecule has 4 nitrogen and oxygen atoms in total. The SMILES string of the molecule is N#C/C(=C/c1csc(C2CC2)n1)C(=O)NCCc1ccccc1. The van der Waals surface area contributed by atoms with Crippen molar-refractivity contribution in [2.75, 3.05) is 6.54 Å². The van der Waals surface area contributed by atoms with E-state index in [0.717, 1.165) is 17.0 Å². The minimum atomic E-state index is -0.343. The number of nitriles is 1. The number of hydrogen-bond donors (Lipinski definition) is 1. The summed E-state index contributed by atoms with van der Waals surface area (Å²) in [5, 5.41) is 15.0. The van der Waals surface area contributed by atoms with E-state index in [9.17, 15) is 10.1 Å². The fourth-order valence-corrected chi connectivity index (χ4v) is 3.19. The zero-order valence-corrected chi connectivity index (χ0v) is 13.5. The van der Waals surface area contributed by atoms with Gasteiger partial charge >= 0.3 is 0 Å². The first-order valence-corrected chi connectivity index (χ1v) is 8.53. The van der Waals surface area contributed by atoms with Gasteiger partial charge in [-0.25, -0.2) is 4.98 Å². The molecule has 0 spiro atoms. The Kier molecular flexibility index (Phi) is 4.84. The number of nitrogens with zero attached hydrogens (tertiary/aromatic N) is 2. The first-order chi connectivity index (χ1) is 11.3. The summed E-state index contributed by atoms with van der Waals surface area (Å²) in [4.78, 5) is 16.6. The maximum Gasteiger partial charge on any atom is 0.262 e. The Labute approximate surface area is 139 Å². The Hall–Kier alpha value is -2.45. The maximum absolute atomic E-state index is 12.1. The van der Waals surface area contributed by atoms with Crippen molar-refractivity contribution in [3.8, 4) is 6.07 Å². The number of nitrogens with one attached hydrogen (secondary N) is 1. The summed E-state index contributed by atoms with van der Waals surface area (Å²) in [7, 11) is 0. The van der Waals surface area contributed by atoms with Crippen LogP contribution in [0.15, 0.2) is 41.3 Å². The van der Waals surface area contributed by atoms with Gasteiger partial charge in [0.2, 0.25) is 0 Å². The normalized spacial score (nSPS) is 14.3. The van der Waals surface area contributed by atoms with Crippen LogP contribution in [0.5, 0.6) is 0 Å². The lowest BCUT2D eigenvalue weighted by Gasteiger charge is -2.04. The molecule has 1 heterocycles. The molecule has 1 aliphatic carbocycles. The van der Waals surface area contributed by atoms with Crippen molar-refractivity contribution >= 4 is 23.3 Å². The van der Waals surface area contributed by atoms with E-state index in [1.165, 1.54) is 12.8 Å². The molecule has 0 bridgehead atoms. The van der Waals surface area contributed by atoms with E-state index in [0.29, 0.717) is 18.2 Å². The van der Waals surface area contributed by atoms with Crippen molar-refractivity contribution < 1.29 is 4.79 Å². The quantitative estimate of drug-likeness (QED) is 0.655. The summed E-state index contributed by atoms with van der Waals surface area (Å²) < 4.78 is 0. The van der Waals surface area contributed by atoms with Crippen LogP contribution in [0.3, 0.4) is 0 Å². The predicted molar refractivity (Wildman–Crippen MR) is 90.8 cm³/mol. The van der Waals surface area contributed by atoms with Crippen LogP contribution in [-0.2, 0) is 11.2 Å². The third-order valence-corrected chi connectivity index (χ3v) is 4.69. The molecule has 1 saturated carbocycles. The molecule has 1 aromatic carbocycles. The molecule has 0 aliphatic heterocycles. The van der Waals surface area contributed by atoms with E-state index in [4.69, 9.17) is 0 Å². The molecule has 0 radical (unpaired) electrons. The molecule has 1 fully saturated rings. The molecule has 1 amide bonds. The van der Waals surface area contributed by atoms with E-state index < -0.39 is 0 Å². The van der Waals surface area contributed by atoms with Gasteiger partial charge in [-0.2, -0.15) is 5.26 Å². The zero-order chi connectivity index (χ0) is 16.1. The van der Waals surface area contributed by atoms with Crippen molar-refractivity contribution in [2.24, 2.45) is 0 Å². The second-order valence-corrected chi connectivity index (χ2v) is 6.44. The number of amides is 1. The van der Waals surface area contributed by atoms with E-state index in [1.807, 2.05) is 41.8 Å². The minimum Gasteiger partial charge on any atom is -0.351 e. The second kappa shape index (κ2) is 7.21. The van der Waals surface area contributed by atoms with Gasteiger partial charge in [-0.3, -0.25) is 4.79 Å². The molecule has 0 unspecified atom stereocenters. The lowest BCUT2D eigenvalue weighted by molar-refractivity contribution is -0.117. The summed E-state index contributed by atoms with van der Waals surface area (Å²) in [5.74, 6) is 0.247. The van der Waals surface area contributed by atoms with Gasteiger partial charge in [-0.1, -0.05) is 30.3 Å². The highest BCUT2D eigenvalue weighted by atomic mass is 32.1. The van der Waals surface area contributed by atoms with Gasteiger partial charge in [0.05, 0.1) is 10.7 Å². The van der Waals surface area contributed by atoms with Gasteiger partial charge in [0.1, 0.15) is 11.6 Å². The average molecular weight is 323 g/mol. The Morgan fingerprint density at radius 2 is 2.17 bits per heavy atom. The van der Waals surface area contributed by atoms with Gasteiger partial charge in [0.25, 0.3) is 5.91 Å². The first-order valence-electron chi connectivity index (χ1n) is 7.65. The highest BCUT2D eigenvalue weighted by Gasteiger charge is 2.26. The molecule has 23 heavy (non-hydrogen) atoms. The van der Waals surface area contributed by atoms with Crippen LogP contribution in [0, 0.1) is 11.3 Å². The van der Waals surface area contributed by atoms with Crippen molar-refractivity contribution in [1.29, 1.82) is 5.26 Å². The smallest absolute Gasteiger partial charge is 0.262 e. The minimum absolute atomic E-state index is 0.103. The van der Waals surface area contributed by atoms with Crippen LogP contribution in [0.1, 0.15) is 35.0 Å². The standard InChI is InChI=1S/C18H17N3OS/c19-11-15(10-16-12-23-18(21-16)14-6-7-14)17(22)20-9-8-13-4-2-1-3-5-13/h1-5,10,12,14H,6-9H2,(H,20,22)/b15-10-. The topological polar surface area (TPSA) is 65.8 Å². The van der Waals surface area contributed by atoms with E-state index in [1.54, 1.807) is 17.4 Å². The summed E-state index contributed by atoms with van der Waals surface area (Å²) in [6.45, 7) is 0.506. The van der Waals surface area contributed by atoms with Gasteiger partial charge in [-0.15, -0.1) is 11.3 Å². The third kappa shape index (κ3) is 4.27. The number of aromatic nitrogens is 1. The van der Waals surface area contributed by atoms with E-state index in [-0.39, 0.29) is 11.5 Å². The van der Waals surface area contributed by atoms with Gasteiger partial charge in [-0.05, 0) is 30.9 Å². The van der Waals surface area contributed by atoms with Crippen molar-refractivity contribution in [2.45, 2.75) is 25.2 Å². The molecule has 5 heteroatoms. The highest BCUT2D eigenvalue weighted by Crippen LogP contribution is 2.41. The number of thiazole rings is 1. The van der Waals surface area contributed by atoms with Gasteiger partial charge < -0.3 is 5.32 Å². The summed E-state index contributed by atoms with van der Waals surface area (Å²) in [6.07, 6.45) is 4.71. The lowest BCUT2D eigenvalue weighted by atomic mass is 10.1. The fourth-order valence-electron chi connectivity index (χ4n) is 2.24. The number of benzene rings is 1. The molecule has 1 aromatic heterocycles. The number of carbonyl (C=O) groups excluding carboxylic acids is 1. The molecule has 0 saturated heterocycles. The average Bonchev–Trinajstić information content (AvgIpc) is 3.32. The highest BCUT2D eigenvalue weighted by molar-refractivity contribution is 7.09. The zero-order valence-electron chi connectivity index (χ0n) is 12.7. The molecule has 3 rings (SSSR count). The molecule has 2 aromatic rings. The Morgan fingerprint density at radius 3 is 2.87 bits per heavy atom. The predicted octanol–water partition coefficient (Wildman–Crippen LogP) is 3.29. The van der Waals surface area contributed by atoms with Crippen LogP contribution in [0.25, 0.3) is 6.08 Å². The Balaban J connectivity index is 1.57. The summed E-state index contributed by atoms with van der Waals surface area (Å²) in [6, 6.07) is 11.9. The van der Waals surface area contributed by atoms with Crippen LogP contribution in [0.2, 0.25) is 0 Å². The fraction of sp³-hybridized carbons (Fsp3) is 0.278. The molecule has 1 N–H and O–H groups in total. The van der Waals surface area contributed by atoms with Gasteiger partial charge in [0.15, 0.2) is 0 Å². The summed E-state index contributed by atoms with van der Waals surface area (Å²) in [5.41, 5.74) is 1.96. The van der Waals surface area contributed by atoms with E-state index in [2.05, 4.69) is 10.3 Å². The molecular formula is C18H17N3OS. The Bertz CT molecular complexity index is 754. The van der Waals surface area contributed by atoms with Crippen LogP contribution in [-0.4, -0.2) is 17.4 Å². The second-order valence-electron chi connectivity index (χ2n) is 5.55. The number of hydrogen-bond acceptors (Lipinski definition) is 4. The van der Waals surface area contributed by atoms with Crippen molar-refractivity contribution in [1.82, 2.24) is 10.3 Å². The van der Waals surface area contributed by atoms with Crippen LogP contribution in [0.4, 0.5) is 0 Å². The summed E-state index contributed by atoms with van der Waals surface area (Å²) >= 11 is 1.60. The molecule has 0 atom stereocenters. The lowest BCUT2D eigenvalue weighted by Crippen LogP contribution is -2.26. The monoisotopic (exact) mass is 323 g/mol. The maximum atomic E-state index is 12.1. The first kappa shape index (κ1) is 15.4. The molecule has 116 valence electrons. The molecule has 1 aliphatic rings. The molecular weight excluding hydrogens is 306 g/mol. The number of carbonyl (C=O) groups is 1. The van der Waals surface area contributed by atoms with Crippen LogP contribution >= 0.6 is 11.3 Å².